The Balaban J connectivity index is 1.86. The number of ether oxygens (including phenoxy) is 1. The van der Waals surface area contributed by atoms with Gasteiger partial charge in [0.1, 0.15) is 5.88 Å². The maximum Gasteiger partial charge on any atom is 0.235 e. The number of rotatable bonds is 2. The van der Waals surface area contributed by atoms with E-state index in [1.807, 2.05) is 0 Å². The molecule has 4 heteroatoms. The molecule has 0 aliphatic carbocycles. The average molecular weight is 190 g/mol. The summed E-state index contributed by atoms with van der Waals surface area (Å²) >= 11 is 5.38. The zero-order valence-electron chi connectivity index (χ0n) is 6.75. The van der Waals surface area contributed by atoms with Gasteiger partial charge in [-0.15, -0.1) is 11.6 Å². The Bertz CT molecular complexity index is 197. The van der Waals surface area contributed by atoms with E-state index in [0.29, 0.717) is 6.10 Å². The number of nitrogens with one attached hydrogen (secondary N) is 1. The van der Waals surface area contributed by atoms with Gasteiger partial charge in [0, 0.05) is 0 Å². The van der Waals surface area contributed by atoms with Crippen molar-refractivity contribution in [2.45, 2.75) is 37.5 Å². The first-order valence-corrected chi connectivity index (χ1v) is 4.84. The van der Waals surface area contributed by atoms with Gasteiger partial charge in [0.15, 0.2) is 0 Å². The van der Waals surface area contributed by atoms with E-state index in [-0.39, 0.29) is 23.9 Å². The van der Waals surface area contributed by atoms with Crippen molar-refractivity contribution in [2.75, 3.05) is 5.88 Å². The minimum atomic E-state index is -0.0854. The van der Waals surface area contributed by atoms with Crippen molar-refractivity contribution in [1.82, 2.24) is 5.32 Å². The summed E-state index contributed by atoms with van der Waals surface area (Å²) in [5.74, 6) is -0.0359. The first-order valence-electron chi connectivity index (χ1n) is 4.30. The van der Waals surface area contributed by atoms with Crippen LogP contribution in [0, 0.1) is 0 Å². The quantitative estimate of drug-likeness (QED) is 0.649. The lowest BCUT2D eigenvalue weighted by atomic mass is 9.95. The van der Waals surface area contributed by atoms with Crippen molar-refractivity contribution in [3.8, 4) is 0 Å². The van der Waals surface area contributed by atoms with E-state index in [4.69, 9.17) is 16.3 Å². The number of halogens is 1. The smallest absolute Gasteiger partial charge is 0.235 e. The Hall–Kier alpha value is -0.280. The number of carbonyl (C=O) groups excluding carboxylic acids is 1. The molecule has 2 saturated heterocycles. The van der Waals surface area contributed by atoms with Gasteiger partial charge in [-0.3, -0.25) is 4.79 Å². The van der Waals surface area contributed by atoms with Crippen LogP contribution in [0.3, 0.4) is 0 Å². The maximum absolute atomic E-state index is 10.9. The molecule has 2 bridgehead atoms. The van der Waals surface area contributed by atoms with Crippen LogP contribution in [0.25, 0.3) is 0 Å². The molecule has 2 aliphatic heterocycles. The predicted molar refractivity (Wildman–Crippen MR) is 45.2 cm³/mol. The third-order valence-electron chi connectivity index (χ3n) is 2.57. The van der Waals surface area contributed by atoms with E-state index in [2.05, 4.69) is 5.32 Å². The topological polar surface area (TPSA) is 38.3 Å². The monoisotopic (exact) mass is 189 g/mol. The number of hydrogen-bond donors (Lipinski definition) is 1. The van der Waals surface area contributed by atoms with Gasteiger partial charge in [0.2, 0.25) is 5.91 Å². The third kappa shape index (κ3) is 1.43. The first kappa shape index (κ1) is 8.32. The third-order valence-corrected chi connectivity index (χ3v) is 2.82. The van der Waals surface area contributed by atoms with Crippen molar-refractivity contribution in [3.63, 3.8) is 0 Å². The maximum atomic E-state index is 10.9. The normalized spacial score (nSPS) is 38.6. The number of fused-ring (bicyclic) bond motifs is 2. The van der Waals surface area contributed by atoms with E-state index in [1.165, 1.54) is 0 Å². The standard InChI is InChI=1S/C8H12ClNO2/c9-4-8(11)10-6-3-5-1-2-7(6)12-5/h5-7H,1-4H2,(H,10,11). The summed E-state index contributed by atoms with van der Waals surface area (Å²) in [7, 11) is 0. The second kappa shape index (κ2) is 3.23. The van der Waals surface area contributed by atoms with Crippen LogP contribution >= 0.6 is 11.6 Å². The van der Waals surface area contributed by atoms with E-state index >= 15 is 0 Å². The molecular formula is C8H12ClNO2. The SMILES string of the molecule is O=C(CCl)NC1CC2CCC1O2. The van der Waals surface area contributed by atoms with Gasteiger partial charge in [0.05, 0.1) is 18.2 Å². The molecule has 3 unspecified atom stereocenters. The Morgan fingerprint density at radius 3 is 2.92 bits per heavy atom. The fourth-order valence-corrected chi connectivity index (χ4v) is 2.11. The Morgan fingerprint density at radius 2 is 2.42 bits per heavy atom. The largest absolute Gasteiger partial charge is 0.373 e. The lowest BCUT2D eigenvalue weighted by Gasteiger charge is -2.19. The summed E-state index contributed by atoms with van der Waals surface area (Å²) in [4.78, 5) is 10.9. The lowest BCUT2D eigenvalue weighted by Crippen LogP contribution is -2.41. The molecule has 3 atom stereocenters. The van der Waals surface area contributed by atoms with Crippen LogP contribution in [-0.2, 0) is 9.53 Å². The number of amides is 1. The summed E-state index contributed by atoms with van der Waals surface area (Å²) in [6, 6.07) is 0.218. The highest BCUT2D eigenvalue weighted by Crippen LogP contribution is 2.34. The van der Waals surface area contributed by atoms with E-state index < -0.39 is 0 Å². The van der Waals surface area contributed by atoms with E-state index in [9.17, 15) is 4.79 Å². The van der Waals surface area contributed by atoms with Gasteiger partial charge in [-0.05, 0) is 19.3 Å². The molecule has 2 fully saturated rings. The molecule has 3 nitrogen and oxygen atoms in total. The Kier molecular flexibility index (Phi) is 2.24. The molecule has 1 N–H and O–H groups in total. The van der Waals surface area contributed by atoms with Crippen LogP contribution in [0.4, 0.5) is 0 Å². The minimum absolute atomic E-state index is 0.0495. The van der Waals surface area contributed by atoms with Crippen LogP contribution in [0.5, 0.6) is 0 Å². The highest BCUT2D eigenvalue weighted by atomic mass is 35.5. The number of alkyl halides is 1. The molecule has 12 heavy (non-hydrogen) atoms. The van der Waals surface area contributed by atoms with Crippen molar-refractivity contribution < 1.29 is 9.53 Å². The fraction of sp³-hybridized carbons (Fsp3) is 0.875. The van der Waals surface area contributed by atoms with Crippen LogP contribution in [-0.4, -0.2) is 30.0 Å². The van der Waals surface area contributed by atoms with Gasteiger partial charge in [0.25, 0.3) is 0 Å². The highest BCUT2D eigenvalue weighted by Gasteiger charge is 2.41. The lowest BCUT2D eigenvalue weighted by molar-refractivity contribution is -0.119. The molecule has 0 spiro atoms. The van der Waals surface area contributed by atoms with Crippen LogP contribution in [0.2, 0.25) is 0 Å². The fourth-order valence-electron chi connectivity index (χ4n) is 2.04. The predicted octanol–water partition coefficient (Wildman–Crippen LogP) is 0.661. The second-order valence-corrected chi connectivity index (χ2v) is 3.68. The number of hydrogen-bond acceptors (Lipinski definition) is 2. The van der Waals surface area contributed by atoms with Gasteiger partial charge in [-0.25, -0.2) is 0 Å². The molecule has 0 aromatic heterocycles. The summed E-state index contributed by atoms with van der Waals surface area (Å²) in [5, 5.41) is 2.86. The molecular weight excluding hydrogens is 178 g/mol. The molecule has 2 heterocycles. The van der Waals surface area contributed by atoms with Gasteiger partial charge >= 0.3 is 0 Å². The van der Waals surface area contributed by atoms with Crippen molar-refractivity contribution in [3.05, 3.63) is 0 Å². The molecule has 2 rings (SSSR count). The van der Waals surface area contributed by atoms with Crippen LogP contribution in [0.15, 0.2) is 0 Å². The second-order valence-electron chi connectivity index (χ2n) is 3.42. The summed E-state index contributed by atoms with van der Waals surface area (Å²) in [5.41, 5.74) is 0. The van der Waals surface area contributed by atoms with Gasteiger partial charge in [-0.1, -0.05) is 0 Å². The zero-order valence-corrected chi connectivity index (χ0v) is 7.51. The van der Waals surface area contributed by atoms with E-state index in [0.717, 1.165) is 19.3 Å². The van der Waals surface area contributed by atoms with Crippen LogP contribution in [0.1, 0.15) is 19.3 Å². The van der Waals surface area contributed by atoms with Crippen molar-refractivity contribution >= 4 is 17.5 Å². The highest BCUT2D eigenvalue weighted by molar-refractivity contribution is 6.27. The van der Waals surface area contributed by atoms with Crippen molar-refractivity contribution in [2.24, 2.45) is 0 Å². The Labute approximate surface area is 76.4 Å². The van der Waals surface area contributed by atoms with Gasteiger partial charge < -0.3 is 10.1 Å². The first-order chi connectivity index (χ1) is 5.79. The molecule has 0 saturated carbocycles. The zero-order chi connectivity index (χ0) is 8.55. The van der Waals surface area contributed by atoms with Crippen molar-refractivity contribution in [1.29, 1.82) is 0 Å². The van der Waals surface area contributed by atoms with Crippen LogP contribution < -0.4 is 5.32 Å². The molecule has 0 aromatic rings. The molecule has 1 amide bonds. The Morgan fingerprint density at radius 1 is 1.58 bits per heavy atom. The minimum Gasteiger partial charge on any atom is -0.373 e. The summed E-state index contributed by atoms with van der Waals surface area (Å²) < 4.78 is 5.57. The number of carbonyl (C=O) groups is 1. The summed E-state index contributed by atoms with van der Waals surface area (Å²) in [6.07, 6.45) is 3.83. The van der Waals surface area contributed by atoms with Gasteiger partial charge in [-0.2, -0.15) is 0 Å². The average Bonchev–Trinajstić information content (AvgIpc) is 2.64. The molecule has 0 aromatic carbocycles. The molecule has 68 valence electrons. The molecule has 2 aliphatic rings. The van der Waals surface area contributed by atoms with E-state index in [1.54, 1.807) is 0 Å². The summed E-state index contributed by atoms with van der Waals surface area (Å²) in [6.45, 7) is 0. The molecule has 0 radical (unpaired) electrons.